The number of ether oxygens (including phenoxy) is 1. The minimum Gasteiger partial charge on any atom is -0.482 e. The zero-order valence-corrected chi connectivity index (χ0v) is 14.8. The number of halogens is 2. The second-order valence-corrected chi connectivity index (χ2v) is 7.20. The number of amides is 1. The van der Waals surface area contributed by atoms with Gasteiger partial charge in [-0.2, -0.15) is 11.3 Å². The van der Waals surface area contributed by atoms with E-state index in [1.807, 2.05) is 4.90 Å². The highest BCUT2D eigenvalue weighted by atomic mass is 35.5. The molecule has 1 aliphatic heterocycles. The van der Waals surface area contributed by atoms with E-state index in [1.165, 1.54) is 5.56 Å². The van der Waals surface area contributed by atoms with Crippen molar-refractivity contribution in [1.82, 2.24) is 4.90 Å². The van der Waals surface area contributed by atoms with Crippen LogP contribution in [0.25, 0.3) is 0 Å². The standard InChI is InChI=1S/C17H17Cl2NO2S/c18-14-1-2-16(15(19)9-14)22-10-17(21)20-6-3-12(4-7-20)13-5-8-23-11-13/h1-2,5,8-9,11-12H,3-4,6-7,10H2. The number of hydrogen-bond acceptors (Lipinski definition) is 3. The molecule has 2 heterocycles. The lowest BCUT2D eigenvalue weighted by Crippen LogP contribution is -2.40. The van der Waals surface area contributed by atoms with Crippen molar-refractivity contribution in [2.24, 2.45) is 0 Å². The monoisotopic (exact) mass is 369 g/mol. The Kier molecular flexibility index (Phi) is 5.46. The molecule has 1 aliphatic rings. The fraction of sp³-hybridized carbons (Fsp3) is 0.353. The molecule has 6 heteroatoms. The largest absolute Gasteiger partial charge is 0.482 e. The van der Waals surface area contributed by atoms with Crippen molar-refractivity contribution in [3.05, 3.63) is 50.6 Å². The quantitative estimate of drug-likeness (QED) is 0.771. The van der Waals surface area contributed by atoms with Gasteiger partial charge in [-0.05, 0) is 59.3 Å². The Labute approximate surface area is 149 Å². The van der Waals surface area contributed by atoms with Crippen molar-refractivity contribution in [3.8, 4) is 5.75 Å². The Morgan fingerprint density at radius 1 is 1.26 bits per heavy atom. The predicted octanol–water partition coefficient (Wildman–Crippen LogP) is 4.84. The van der Waals surface area contributed by atoms with Crippen LogP contribution in [0.2, 0.25) is 10.0 Å². The van der Waals surface area contributed by atoms with E-state index in [4.69, 9.17) is 27.9 Å². The van der Waals surface area contributed by atoms with Gasteiger partial charge in [-0.3, -0.25) is 4.79 Å². The molecule has 0 N–H and O–H groups in total. The van der Waals surface area contributed by atoms with Crippen molar-refractivity contribution in [2.75, 3.05) is 19.7 Å². The van der Waals surface area contributed by atoms with E-state index in [1.54, 1.807) is 29.5 Å². The number of hydrogen-bond donors (Lipinski definition) is 0. The number of carbonyl (C=O) groups is 1. The van der Waals surface area contributed by atoms with Crippen LogP contribution in [0.4, 0.5) is 0 Å². The SMILES string of the molecule is O=C(COc1ccc(Cl)cc1Cl)N1CCC(c2ccsc2)CC1. The fourth-order valence-electron chi connectivity index (χ4n) is 2.79. The summed E-state index contributed by atoms with van der Waals surface area (Å²) in [6, 6.07) is 7.16. The van der Waals surface area contributed by atoms with Crippen molar-refractivity contribution < 1.29 is 9.53 Å². The van der Waals surface area contributed by atoms with Gasteiger partial charge in [0.2, 0.25) is 0 Å². The first-order valence-corrected chi connectivity index (χ1v) is 9.21. The third kappa shape index (κ3) is 4.19. The topological polar surface area (TPSA) is 29.5 Å². The molecule has 0 bridgehead atoms. The Morgan fingerprint density at radius 2 is 2.04 bits per heavy atom. The van der Waals surface area contributed by atoms with Gasteiger partial charge in [-0.25, -0.2) is 0 Å². The first-order valence-electron chi connectivity index (χ1n) is 7.51. The van der Waals surface area contributed by atoms with Crippen LogP contribution in [0.1, 0.15) is 24.3 Å². The van der Waals surface area contributed by atoms with E-state index < -0.39 is 0 Å². The van der Waals surface area contributed by atoms with Crippen LogP contribution in [0.15, 0.2) is 35.0 Å². The molecule has 0 atom stereocenters. The molecular weight excluding hydrogens is 353 g/mol. The van der Waals surface area contributed by atoms with Gasteiger partial charge in [-0.15, -0.1) is 0 Å². The smallest absolute Gasteiger partial charge is 0.260 e. The summed E-state index contributed by atoms with van der Waals surface area (Å²) in [5.41, 5.74) is 1.39. The summed E-state index contributed by atoms with van der Waals surface area (Å²) in [4.78, 5) is 14.1. The highest BCUT2D eigenvalue weighted by Crippen LogP contribution is 2.30. The molecule has 0 unspecified atom stereocenters. The van der Waals surface area contributed by atoms with Crippen LogP contribution < -0.4 is 4.74 Å². The van der Waals surface area contributed by atoms with E-state index in [-0.39, 0.29) is 12.5 Å². The number of nitrogens with zero attached hydrogens (tertiary/aromatic N) is 1. The highest BCUT2D eigenvalue weighted by molar-refractivity contribution is 7.07. The Balaban J connectivity index is 1.50. The van der Waals surface area contributed by atoms with Gasteiger partial charge in [0.15, 0.2) is 6.61 Å². The van der Waals surface area contributed by atoms with Crippen molar-refractivity contribution in [3.63, 3.8) is 0 Å². The lowest BCUT2D eigenvalue weighted by Gasteiger charge is -2.31. The molecule has 1 saturated heterocycles. The summed E-state index contributed by atoms with van der Waals surface area (Å²) in [5.74, 6) is 1.05. The summed E-state index contributed by atoms with van der Waals surface area (Å²) < 4.78 is 5.53. The van der Waals surface area contributed by atoms with E-state index in [2.05, 4.69) is 16.8 Å². The molecule has 1 amide bonds. The second-order valence-electron chi connectivity index (χ2n) is 5.58. The zero-order chi connectivity index (χ0) is 16.2. The van der Waals surface area contributed by atoms with E-state index in [9.17, 15) is 4.79 Å². The summed E-state index contributed by atoms with van der Waals surface area (Å²) in [5, 5.41) is 5.27. The van der Waals surface area contributed by atoms with Gasteiger partial charge >= 0.3 is 0 Å². The van der Waals surface area contributed by atoms with Crippen molar-refractivity contribution in [2.45, 2.75) is 18.8 Å². The summed E-state index contributed by atoms with van der Waals surface area (Å²) in [7, 11) is 0. The van der Waals surface area contributed by atoms with Crippen LogP contribution in [-0.4, -0.2) is 30.5 Å². The number of benzene rings is 1. The maximum absolute atomic E-state index is 12.3. The maximum atomic E-state index is 12.3. The molecule has 23 heavy (non-hydrogen) atoms. The number of carbonyl (C=O) groups excluding carboxylic acids is 1. The minimum atomic E-state index is -0.000199. The van der Waals surface area contributed by atoms with Gasteiger partial charge in [0.05, 0.1) is 5.02 Å². The number of thiophene rings is 1. The molecule has 122 valence electrons. The van der Waals surface area contributed by atoms with Gasteiger partial charge in [0, 0.05) is 18.1 Å². The lowest BCUT2D eigenvalue weighted by molar-refractivity contribution is -0.134. The van der Waals surface area contributed by atoms with Crippen LogP contribution in [0.5, 0.6) is 5.75 Å². The third-order valence-corrected chi connectivity index (χ3v) is 5.34. The Morgan fingerprint density at radius 3 is 2.70 bits per heavy atom. The van der Waals surface area contributed by atoms with Crippen LogP contribution in [0, 0.1) is 0 Å². The Bertz CT molecular complexity index is 667. The Hall–Kier alpha value is -1.23. The van der Waals surface area contributed by atoms with E-state index in [0.717, 1.165) is 25.9 Å². The molecule has 1 aromatic heterocycles. The second kappa shape index (κ2) is 7.56. The number of likely N-dealkylation sites (tertiary alicyclic amines) is 1. The molecule has 0 saturated carbocycles. The highest BCUT2D eigenvalue weighted by Gasteiger charge is 2.24. The molecule has 3 nitrogen and oxygen atoms in total. The van der Waals surface area contributed by atoms with Crippen LogP contribution >= 0.6 is 34.5 Å². The average molecular weight is 370 g/mol. The zero-order valence-electron chi connectivity index (χ0n) is 12.5. The first-order chi connectivity index (χ1) is 11.1. The van der Waals surface area contributed by atoms with Crippen LogP contribution in [-0.2, 0) is 4.79 Å². The van der Waals surface area contributed by atoms with Gasteiger partial charge in [-0.1, -0.05) is 23.2 Å². The molecule has 0 radical (unpaired) electrons. The predicted molar refractivity (Wildman–Crippen MR) is 94.8 cm³/mol. The number of piperidine rings is 1. The van der Waals surface area contributed by atoms with Crippen LogP contribution in [0.3, 0.4) is 0 Å². The van der Waals surface area contributed by atoms with Gasteiger partial charge < -0.3 is 9.64 Å². The van der Waals surface area contributed by atoms with E-state index in [0.29, 0.717) is 21.7 Å². The molecule has 3 rings (SSSR count). The summed E-state index contributed by atoms with van der Waals surface area (Å²) >= 11 is 13.6. The lowest BCUT2D eigenvalue weighted by atomic mass is 9.91. The molecule has 2 aromatic rings. The average Bonchev–Trinajstić information content (AvgIpc) is 3.08. The molecule has 1 aromatic carbocycles. The van der Waals surface area contributed by atoms with Crippen molar-refractivity contribution in [1.29, 1.82) is 0 Å². The van der Waals surface area contributed by atoms with Crippen molar-refractivity contribution >= 4 is 40.4 Å². The van der Waals surface area contributed by atoms with Gasteiger partial charge in [0.25, 0.3) is 5.91 Å². The third-order valence-electron chi connectivity index (χ3n) is 4.11. The van der Waals surface area contributed by atoms with E-state index >= 15 is 0 Å². The molecular formula is C17H17Cl2NO2S. The fourth-order valence-corrected chi connectivity index (χ4v) is 4.00. The normalized spacial score (nSPS) is 15.7. The maximum Gasteiger partial charge on any atom is 0.260 e. The first kappa shape index (κ1) is 16.6. The summed E-state index contributed by atoms with van der Waals surface area (Å²) in [6.07, 6.45) is 2.01. The molecule has 0 spiro atoms. The summed E-state index contributed by atoms with van der Waals surface area (Å²) in [6.45, 7) is 1.55. The molecule has 0 aliphatic carbocycles. The number of rotatable bonds is 4. The van der Waals surface area contributed by atoms with Gasteiger partial charge in [0.1, 0.15) is 5.75 Å². The molecule has 1 fully saturated rings. The minimum absolute atomic E-state index is 0.000199.